The summed E-state index contributed by atoms with van der Waals surface area (Å²) in [5.41, 5.74) is 1.04. The highest BCUT2D eigenvalue weighted by Crippen LogP contribution is 2.24. The standard InChI is InChI=1S/C24H23BrN2O3/c25-19-10-8-18-15-20(11-9-17(18)14-19)30-16-23(28)26-22-7-3-2-6-21(22)24(29)27-12-4-1-5-13-27/h2-3,6-11,14-15H,1,4-5,12-13,16H2,(H,26,28). The summed E-state index contributed by atoms with van der Waals surface area (Å²) in [6, 6.07) is 18.8. The van der Waals surface area contributed by atoms with Gasteiger partial charge < -0.3 is 15.0 Å². The molecule has 154 valence electrons. The molecule has 30 heavy (non-hydrogen) atoms. The van der Waals surface area contributed by atoms with E-state index in [9.17, 15) is 9.59 Å². The van der Waals surface area contributed by atoms with Gasteiger partial charge in [0.1, 0.15) is 5.75 Å². The maximum atomic E-state index is 12.9. The van der Waals surface area contributed by atoms with Gasteiger partial charge in [-0.2, -0.15) is 0 Å². The van der Waals surface area contributed by atoms with Gasteiger partial charge >= 0.3 is 0 Å². The largest absolute Gasteiger partial charge is 0.484 e. The van der Waals surface area contributed by atoms with Crippen molar-refractivity contribution in [1.82, 2.24) is 4.90 Å². The third-order valence-electron chi connectivity index (χ3n) is 5.22. The lowest BCUT2D eigenvalue weighted by Crippen LogP contribution is -2.36. The minimum absolute atomic E-state index is 0.0350. The molecule has 0 unspecified atom stereocenters. The van der Waals surface area contributed by atoms with Crippen LogP contribution in [0, 0.1) is 0 Å². The number of para-hydroxylation sites is 1. The predicted octanol–water partition coefficient (Wildman–Crippen LogP) is 5.25. The van der Waals surface area contributed by atoms with E-state index in [1.54, 1.807) is 12.1 Å². The monoisotopic (exact) mass is 466 g/mol. The van der Waals surface area contributed by atoms with Crippen molar-refractivity contribution in [2.45, 2.75) is 19.3 Å². The van der Waals surface area contributed by atoms with Crippen LogP contribution in [0.4, 0.5) is 5.69 Å². The number of hydrogen-bond acceptors (Lipinski definition) is 3. The maximum absolute atomic E-state index is 12.9. The van der Waals surface area contributed by atoms with Gasteiger partial charge in [0.2, 0.25) is 0 Å². The van der Waals surface area contributed by atoms with E-state index in [2.05, 4.69) is 21.2 Å². The number of halogens is 1. The molecule has 4 rings (SSSR count). The van der Waals surface area contributed by atoms with Crippen LogP contribution in [0.2, 0.25) is 0 Å². The maximum Gasteiger partial charge on any atom is 0.262 e. The van der Waals surface area contributed by atoms with Crippen LogP contribution in [-0.2, 0) is 4.79 Å². The van der Waals surface area contributed by atoms with Crippen molar-refractivity contribution in [2.24, 2.45) is 0 Å². The SMILES string of the molecule is O=C(COc1ccc2cc(Br)ccc2c1)Nc1ccccc1C(=O)N1CCCCC1. The van der Waals surface area contributed by atoms with Gasteiger partial charge in [0.25, 0.3) is 11.8 Å². The molecule has 0 radical (unpaired) electrons. The Morgan fingerprint density at radius 3 is 2.50 bits per heavy atom. The quantitative estimate of drug-likeness (QED) is 0.558. The number of carbonyl (C=O) groups excluding carboxylic acids is 2. The summed E-state index contributed by atoms with van der Waals surface area (Å²) < 4.78 is 6.69. The number of anilines is 1. The Labute approximate surface area is 184 Å². The first-order valence-corrected chi connectivity index (χ1v) is 10.9. The lowest BCUT2D eigenvalue weighted by molar-refractivity contribution is -0.118. The molecule has 1 saturated heterocycles. The first kappa shape index (κ1) is 20.4. The van der Waals surface area contributed by atoms with Gasteiger partial charge in [0, 0.05) is 17.6 Å². The normalized spacial score (nSPS) is 13.8. The number of nitrogens with zero attached hydrogens (tertiary/aromatic N) is 1. The second kappa shape index (κ2) is 9.30. The number of piperidine rings is 1. The Morgan fingerprint density at radius 1 is 0.933 bits per heavy atom. The molecule has 3 aromatic rings. The molecule has 0 bridgehead atoms. The Hall–Kier alpha value is -2.86. The molecule has 1 heterocycles. The molecule has 1 N–H and O–H groups in total. The molecule has 0 spiro atoms. The molecule has 5 nitrogen and oxygen atoms in total. The molecule has 0 aromatic heterocycles. The lowest BCUT2D eigenvalue weighted by Gasteiger charge is -2.27. The van der Waals surface area contributed by atoms with Crippen molar-refractivity contribution in [3.8, 4) is 5.75 Å². The van der Waals surface area contributed by atoms with E-state index in [0.717, 1.165) is 47.6 Å². The summed E-state index contributed by atoms with van der Waals surface area (Å²) in [6.45, 7) is 1.40. The molecular formula is C24H23BrN2O3. The molecule has 1 fully saturated rings. The summed E-state index contributed by atoms with van der Waals surface area (Å²) >= 11 is 3.46. The van der Waals surface area contributed by atoms with Gasteiger partial charge in [-0.1, -0.05) is 40.2 Å². The van der Waals surface area contributed by atoms with Crippen molar-refractivity contribution in [3.05, 3.63) is 70.7 Å². The van der Waals surface area contributed by atoms with E-state index in [0.29, 0.717) is 17.0 Å². The highest BCUT2D eigenvalue weighted by molar-refractivity contribution is 9.10. The van der Waals surface area contributed by atoms with Crippen LogP contribution in [0.1, 0.15) is 29.6 Å². The smallest absolute Gasteiger partial charge is 0.262 e. The van der Waals surface area contributed by atoms with E-state index in [1.807, 2.05) is 53.4 Å². The average Bonchev–Trinajstić information content (AvgIpc) is 2.78. The zero-order valence-corrected chi connectivity index (χ0v) is 18.2. The second-order valence-corrected chi connectivity index (χ2v) is 8.30. The number of fused-ring (bicyclic) bond motifs is 1. The lowest BCUT2D eigenvalue weighted by atomic mass is 10.1. The van der Waals surface area contributed by atoms with Crippen LogP contribution < -0.4 is 10.1 Å². The van der Waals surface area contributed by atoms with Crippen molar-refractivity contribution in [3.63, 3.8) is 0 Å². The summed E-state index contributed by atoms with van der Waals surface area (Å²) in [5.74, 6) is 0.287. The van der Waals surface area contributed by atoms with Crippen LogP contribution in [0.25, 0.3) is 10.8 Å². The van der Waals surface area contributed by atoms with E-state index in [4.69, 9.17) is 4.74 Å². The number of likely N-dealkylation sites (tertiary alicyclic amines) is 1. The van der Waals surface area contributed by atoms with Crippen molar-refractivity contribution >= 4 is 44.2 Å². The van der Waals surface area contributed by atoms with Crippen LogP contribution in [-0.4, -0.2) is 36.4 Å². The number of ether oxygens (including phenoxy) is 1. The summed E-state index contributed by atoms with van der Waals surface area (Å²) in [4.78, 5) is 27.2. The third-order valence-corrected chi connectivity index (χ3v) is 5.71. The van der Waals surface area contributed by atoms with Crippen molar-refractivity contribution in [2.75, 3.05) is 25.0 Å². The molecule has 0 atom stereocenters. The molecule has 0 aliphatic carbocycles. The van der Waals surface area contributed by atoms with Crippen molar-refractivity contribution < 1.29 is 14.3 Å². The number of nitrogens with one attached hydrogen (secondary N) is 1. The number of amides is 2. The fraction of sp³-hybridized carbons (Fsp3) is 0.250. The van der Waals surface area contributed by atoms with Gasteiger partial charge in [-0.15, -0.1) is 0 Å². The van der Waals surface area contributed by atoms with Gasteiger partial charge in [-0.3, -0.25) is 9.59 Å². The average molecular weight is 467 g/mol. The number of rotatable bonds is 5. The molecule has 1 aliphatic rings. The molecule has 6 heteroatoms. The van der Waals surface area contributed by atoms with Crippen LogP contribution >= 0.6 is 15.9 Å². The molecular weight excluding hydrogens is 444 g/mol. The van der Waals surface area contributed by atoms with Crippen LogP contribution in [0.5, 0.6) is 5.75 Å². The first-order valence-electron chi connectivity index (χ1n) is 10.1. The topological polar surface area (TPSA) is 58.6 Å². The second-order valence-electron chi connectivity index (χ2n) is 7.39. The van der Waals surface area contributed by atoms with Gasteiger partial charge in [-0.05, 0) is 66.4 Å². The highest BCUT2D eigenvalue weighted by atomic mass is 79.9. The van der Waals surface area contributed by atoms with E-state index in [-0.39, 0.29) is 18.4 Å². The Bertz CT molecular complexity index is 1080. The van der Waals surface area contributed by atoms with Gasteiger partial charge in [0.15, 0.2) is 6.61 Å². The first-order chi connectivity index (χ1) is 14.6. The number of benzene rings is 3. The number of carbonyl (C=O) groups is 2. The van der Waals surface area contributed by atoms with Gasteiger partial charge in [-0.25, -0.2) is 0 Å². The summed E-state index contributed by atoms with van der Waals surface area (Å²) in [6.07, 6.45) is 3.21. The zero-order valence-electron chi connectivity index (χ0n) is 16.6. The van der Waals surface area contributed by atoms with Gasteiger partial charge in [0.05, 0.1) is 11.3 Å². The number of hydrogen-bond donors (Lipinski definition) is 1. The minimum atomic E-state index is -0.301. The van der Waals surface area contributed by atoms with Crippen molar-refractivity contribution in [1.29, 1.82) is 0 Å². The summed E-state index contributed by atoms with van der Waals surface area (Å²) in [7, 11) is 0. The van der Waals surface area contributed by atoms with E-state index < -0.39 is 0 Å². The Morgan fingerprint density at radius 2 is 1.67 bits per heavy atom. The van der Waals surface area contributed by atoms with Crippen LogP contribution in [0.3, 0.4) is 0 Å². The fourth-order valence-electron chi connectivity index (χ4n) is 3.67. The molecule has 1 aliphatic heterocycles. The highest BCUT2D eigenvalue weighted by Gasteiger charge is 2.21. The fourth-order valence-corrected chi connectivity index (χ4v) is 4.04. The Balaban J connectivity index is 1.41. The molecule has 2 amide bonds. The van der Waals surface area contributed by atoms with E-state index >= 15 is 0 Å². The summed E-state index contributed by atoms with van der Waals surface area (Å²) in [5, 5.41) is 4.95. The molecule has 0 saturated carbocycles. The van der Waals surface area contributed by atoms with E-state index in [1.165, 1.54) is 0 Å². The molecule has 3 aromatic carbocycles. The predicted molar refractivity (Wildman–Crippen MR) is 122 cm³/mol. The zero-order chi connectivity index (χ0) is 20.9. The third kappa shape index (κ3) is 4.82. The minimum Gasteiger partial charge on any atom is -0.484 e. The Kier molecular flexibility index (Phi) is 6.33. The van der Waals surface area contributed by atoms with Crippen LogP contribution in [0.15, 0.2) is 65.1 Å².